The lowest BCUT2D eigenvalue weighted by Crippen LogP contribution is -2.24. The van der Waals surface area contributed by atoms with Gasteiger partial charge < -0.3 is 10.1 Å². The summed E-state index contributed by atoms with van der Waals surface area (Å²) >= 11 is 0. The predicted octanol–water partition coefficient (Wildman–Crippen LogP) is 3.61. The summed E-state index contributed by atoms with van der Waals surface area (Å²) in [6, 6.07) is 0. The van der Waals surface area contributed by atoms with Crippen molar-refractivity contribution in [3.8, 4) is 0 Å². The third-order valence-corrected chi connectivity index (χ3v) is 2.68. The highest BCUT2D eigenvalue weighted by Gasteiger charge is 2.01. The van der Waals surface area contributed by atoms with Crippen LogP contribution in [0.3, 0.4) is 0 Å². The van der Waals surface area contributed by atoms with E-state index in [-0.39, 0.29) is 0 Å². The van der Waals surface area contributed by atoms with E-state index in [0.717, 1.165) is 32.0 Å². The van der Waals surface area contributed by atoms with Crippen LogP contribution >= 0.6 is 0 Å². The van der Waals surface area contributed by atoms with Crippen LogP contribution in [0.25, 0.3) is 0 Å². The second-order valence-corrected chi connectivity index (χ2v) is 5.13. The first kappa shape index (κ1) is 15.9. The summed E-state index contributed by atoms with van der Waals surface area (Å²) in [6.45, 7) is 12.0. The summed E-state index contributed by atoms with van der Waals surface area (Å²) in [5.41, 5.74) is 0. The zero-order valence-electron chi connectivity index (χ0n) is 11.7. The molecule has 0 saturated carbocycles. The molecule has 0 aromatic heterocycles. The molecule has 0 amide bonds. The van der Waals surface area contributed by atoms with E-state index in [1.165, 1.54) is 25.7 Å². The van der Waals surface area contributed by atoms with E-state index in [9.17, 15) is 0 Å². The van der Waals surface area contributed by atoms with Crippen molar-refractivity contribution in [2.45, 2.75) is 65.9 Å². The highest BCUT2D eigenvalue weighted by atomic mass is 16.5. The maximum absolute atomic E-state index is 5.76. The quantitative estimate of drug-likeness (QED) is 0.547. The Morgan fingerprint density at radius 1 is 1.06 bits per heavy atom. The molecule has 98 valence electrons. The molecule has 0 aliphatic heterocycles. The van der Waals surface area contributed by atoms with Crippen molar-refractivity contribution in [3.05, 3.63) is 0 Å². The highest BCUT2D eigenvalue weighted by Crippen LogP contribution is 2.02. The van der Waals surface area contributed by atoms with Crippen LogP contribution in [0.5, 0.6) is 0 Å². The summed E-state index contributed by atoms with van der Waals surface area (Å²) < 4.78 is 5.76. The lowest BCUT2D eigenvalue weighted by molar-refractivity contribution is 0.0576. The van der Waals surface area contributed by atoms with Gasteiger partial charge >= 0.3 is 0 Å². The fraction of sp³-hybridized carbons (Fsp3) is 1.00. The van der Waals surface area contributed by atoms with Crippen molar-refractivity contribution in [2.24, 2.45) is 5.92 Å². The lowest BCUT2D eigenvalue weighted by atomic mass is 10.2. The summed E-state index contributed by atoms with van der Waals surface area (Å²) in [6.07, 6.45) is 6.70. The molecular weight excluding hydrogens is 198 g/mol. The molecule has 0 aromatic rings. The Morgan fingerprint density at radius 2 is 1.81 bits per heavy atom. The first-order chi connectivity index (χ1) is 7.66. The van der Waals surface area contributed by atoms with Gasteiger partial charge in [-0.2, -0.15) is 0 Å². The third-order valence-electron chi connectivity index (χ3n) is 2.68. The van der Waals surface area contributed by atoms with Crippen LogP contribution in [-0.4, -0.2) is 25.8 Å². The van der Waals surface area contributed by atoms with Crippen molar-refractivity contribution >= 4 is 0 Å². The Labute approximate surface area is 102 Å². The number of unbranched alkanes of at least 4 members (excludes halogenated alkanes) is 3. The zero-order valence-corrected chi connectivity index (χ0v) is 11.7. The normalized spacial score (nSPS) is 13.3. The predicted molar refractivity (Wildman–Crippen MR) is 71.9 cm³/mol. The van der Waals surface area contributed by atoms with Crippen LogP contribution < -0.4 is 5.32 Å². The van der Waals surface area contributed by atoms with Crippen LogP contribution in [0.1, 0.15) is 59.8 Å². The van der Waals surface area contributed by atoms with E-state index >= 15 is 0 Å². The maximum Gasteiger partial charge on any atom is 0.0559 e. The molecule has 0 aromatic carbocycles. The zero-order chi connectivity index (χ0) is 12.2. The van der Waals surface area contributed by atoms with Crippen molar-refractivity contribution < 1.29 is 4.74 Å². The van der Waals surface area contributed by atoms with Gasteiger partial charge in [0.25, 0.3) is 0 Å². The second-order valence-electron chi connectivity index (χ2n) is 5.13. The van der Waals surface area contributed by atoms with Crippen molar-refractivity contribution in [2.75, 3.05) is 19.7 Å². The van der Waals surface area contributed by atoms with Gasteiger partial charge in [0.05, 0.1) is 6.10 Å². The first-order valence-corrected chi connectivity index (χ1v) is 6.99. The Kier molecular flexibility index (Phi) is 11.3. The molecule has 0 aliphatic carbocycles. The Bertz CT molecular complexity index is 137. The van der Waals surface area contributed by atoms with E-state index < -0.39 is 0 Å². The van der Waals surface area contributed by atoms with E-state index in [4.69, 9.17) is 4.74 Å². The molecule has 0 radical (unpaired) electrons. The molecular formula is C14H31NO. The Morgan fingerprint density at radius 3 is 2.44 bits per heavy atom. The van der Waals surface area contributed by atoms with Gasteiger partial charge in [0.1, 0.15) is 0 Å². The van der Waals surface area contributed by atoms with E-state index in [1.54, 1.807) is 0 Å². The van der Waals surface area contributed by atoms with Crippen LogP contribution in [0.2, 0.25) is 0 Å². The molecule has 0 heterocycles. The average Bonchev–Trinajstić information content (AvgIpc) is 2.24. The fourth-order valence-electron chi connectivity index (χ4n) is 1.59. The second kappa shape index (κ2) is 11.4. The molecule has 0 saturated heterocycles. The van der Waals surface area contributed by atoms with Gasteiger partial charge in [-0.15, -0.1) is 0 Å². The number of nitrogens with one attached hydrogen (secondary N) is 1. The fourth-order valence-corrected chi connectivity index (χ4v) is 1.59. The van der Waals surface area contributed by atoms with Gasteiger partial charge in [-0.05, 0) is 38.8 Å². The minimum atomic E-state index is 0.404. The molecule has 1 N–H and O–H groups in total. The van der Waals surface area contributed by atoms with Crippen LogP contribution in [0, 0.1) is 5.92 Å². The molecule has 2 heteroatoms. The van der Waals surface area contributed by atoms with Crippen LogP contribution in [0.4, 0.5) is 0 Å². The molecule has 0 bridgehead atoms. The summed E-state index contributed by atoms with van der Waals surface area (Å²) in [5.74, 6) is 0.741. The molecule has 0 fully saturated rings. The lowest BCUT2D eigenvalue weighted by Gasteiger charge is -2.14. The molecule has 0 aliphatic rings. The number of rotatable bonds is 11. The average molecular weight is 229 g/mol. The van der Waals surface area contributed by atoms with Crippen molar-refractivity contribution in [1.82, 2.24) is 5.32 Å². The molecule has 2 nitrogen and oxygen atoms in total. The van der Waals surface area contributed by atoms with Crippen LogP contribution in [-0.2, 0) is 4.74 Å². The summed E-state index contributed by atoms with van der Waals surface area (Å²) in [4.78, 5) is 0. The number of hydrogen-bond acceptors (Lipinski definition) is 2. The minimum Gasteiger partial charge on any atom is -0.378 e. The van der Waals surface area contributed by atoms with Crippen LogP contribution in [0.15, 0.2) is 0 Å². The minimum absolute atomic E-state index is 0.404. The first-order valence-electron chi connectivity index (χ1n) is 6.99. The van der Waals surface area contributed by atoms with Gasteiger partial charge in [-0.25, -0.2) is 0 Å². The number of ether oxygens (including phenoxy) is 1. The maximum atomic E-state index is 5.76. The third kappa shape index (κ3) is 12.0. The summed E-state index contributed by atoms with van der Waals surface area (Å²) in [7, 11) is 0. The van der Waals surface area contributed by atoms with E-state index in [0.29, 0.717) is 6.10 Å². The van der Waals surface area contributed by atoms with Crippen molar-refractivity contribution in [3.63, 3.8) is 0 Å². The van der Waals surface area contributed by atoms with Gasteiger partial charge in [-0.3, -0.25) is 0 Å². The standard InChI is InChI=1S/C14H31NO/c1-5-6-7-8-11-16-14(4)9-10-15-12-13(2)3/h13-15H,5-12H2,1-4H3. The largest absolute Gasteiger partial charge is 0.378 e. The highest BCUT2D eigenvalue weighted by molar-refractivity contribution is 4.56. The van der Waals surface area contributed by atoms with Crippen molar-refractivity contribution in [1.29, 1.82) is 0 Å². The smallest absolute Gasteiger partial charge is 0.0559 e. The molecule has 1 atom stereocenters. The summed E-state index contributed by atoms with van der Waals surface area (Å²) in [5, 5.41) is 3.45. The Hall–Kier alpha value is -0.0800. The molecule has 0 rings (SSSR count). The van der Waals surface area contributed by atoms with E-state index in [1.807, 2.05) is 0 Å². The van der Waals surface area contributed by atoms with Gasteiger partial charge in [0.2, 0.25) is 0 Å². The molecule has 0 spiro atoms. The van der Waals surface area contributed by atoms with Gasteiger partial charge in [0.15, 0.2) is 0 Å². The monoisotopic (exact) mass is 229 g/mol. The Balaban J connectivity index is 3.15. The van der Waals surface area contributed by atoms with Gasteiger partial charge in [-0.1, -0.05) is 40.0 Å². The molecule has 16 heavy (non-hydrogen) atoms. The van der Waals surface area contributed by atoms with Gasteiger partial charge in [0, 0.05) is 6.61 Å². The number of hydrogen-bond donors (Lipinski definition) is 1. The SMILES string of the molecule is CCCCCCOC(C)CCNCC(C)C. The van der Waals surface area contributed by atoms with E-state index in [2.05, 4.69) is 33.0 Å². The molecule has 1 unspecified atom stereocenters. The topological polar surface area (TPSA) is 21.3 Å².